The highest BCUT2D eigenvalue weighted by atomic mass is 79.9. The lowest BCUT2D eigenvalue weighted by Crippen LogP contribution is -2.15. The Bertz CT molecular complexity index is 1790. The molecule has 0 atom stereocenters. The van der Waals surface area contributed by atoms with E-state index in [0.717, 1.165) is 51.4 Å². The summed E-state index contributed by atoms with van der Waals surface area (Å²) in [5.41, 5.74) is 11.6. The Morgan fingerprint density at radius 3 is 1.69 bits per heavy atom. The van der Waals surface area contributed by atoms with Crippen molar-refractivity contribution in [2.24, 2.45) is 0 Å². The van der Waals surface area contributed by atoms with E-state index in [1.807, 2.05) is 52.0 Å². The Morgan fingerprint density at radius 2 is 1.27 bits per heavy atom. The third kappa shape index (κ3) is 14.4. The SMILES string of the molecule is CCCCO.Cc1ccc(N)c(P(C)(C)=O)c1C.Cc1ccc(Nc2nc(Cl)ncc2Br)c(P(C)(C)=O)c1C.Clc1ncc(Br)c(Cl)n1. The second-order valence-corrected chi connectivity index (χ2v) is 20.4. The molecule has 0 aliphatic carbocycles. The van der Waals surface area contributed by atoms with Crippen LogP contribution in [-0.4, -0.2) is 58.3 Å². The Hall–Kier alpha value is -1.55. The van der Waals surface area contributed by atoms with Crippen molar-refractivity contribution < 1.29 is 14.2 Å². The largest absolute Gasteiger partial charge is 0.398 e. The van der Waals surface area contributed by atoms with Gasteiger partial charge in [-0.1, -0.05) is 37.1 Å². The molecule has 0 fully saturated rings. The van der Waals surface area contributed by atoms with E-state index < -0.39 is 14.3 Å². The zero-order chi connectivity index (χ0) is 37.0. The average molecular weight is 888 g/mol. The van der Waals surface area contributed by atoms with Gasteiger partial charge in [0.25, 0.3) is 0 Å². The number of nitrogen functional groups attached to an aromatic ring is 1. The van der Waals surface area contributed by atoms with Gasteiger partial charge in [-0.2, -0.15) is 4.98 Å². The first-order valence-corrected chi connectivity index (χ1v) is 22.5. The van der Waals surface area contributed by atoms with Crippen LogP contribution in [-0.2, 0) is 9.13 Å². The summed E-state index contributed by atoms with van der Waals surface area (Å²) >= 11 is 23.2. The highest BCUT2D eigenvalue weighted by Crippen LogP contribution is 2.41. The normalized spacial score (nSPS) is 10.9. The van der Waals surface area contributed by atoms with Crippen molar-refractivity contribution in [1.82, 2.24) is 19.9 Å². The number of halogens is 5. The predicted octanol–water partition coefficient (Wildman–Crippen LogP) is 9.96. The number of aryl methyl sites for hydroxylation is 2. The number of aliphatic hydroxyl groups excluding tert-OH is 1. The predicted molar refractivity (Wildman–Crippen MR) is 214 cm³/mol. The molecule has 2 heterocycles. The molecule has 16 heteroatoms. The van der Waals surface area contributed by atoms with Crippen LogP contribution in [0.15, 0.2) is 45.6 Å². The number of hydrogen-bond acceptors (Lipinski definition) is 9. The van der Waals surface area contributed by atoms with Crippen molar-refractivity contribution in [3.63, 3.8) is 0 Å². The summed E-state index contributed by atoms with van der Waals surface area (Å²) in [6.45, 7) is 17.4. The first-order valence-electron chi connectivity index (χ1n) is 14.6. The molecule has 0 radical (unpaired) electrons. The van der Waals surface area contributed by atoms with Gasteiger partial charge >= 0.3 is 0 Å². The van der Waals surface area contributed by atoms with Gasteiger partial charge < -0.3 is 25.3 Å². The van der Waals surface area contributed by atoms with E-state index in [2.05, 4.69) is 64.0 Å². The molecule has 0 saturated carbocycles. The number of aromatic nitrogens is 4. The van der Waals surface area contributed by atoms with E-state index in [1.54, 1.807) is 32.9 Å². The summed E-state index contributed by atoms with van der Waals surface area (Å²) in [4.78, 5) is 15.4. The van der Waals surface area contributed by atoms with Crippen LogP contribution in [0.5, 0.6) is 0 Å². The summed E-state index contributed by atoms with van der Waals surface area (Å²) in [5.74, 6) is 0.549. The number of nitrogens with two attached hydrogens (primary N) is 1. The van der Waals surface area contributed by atoms with Gasteiger partial charge in [0.1, 0.15) is 25.3 Å². The molecular formula is C32H43Br2Cl3N6O3P2. The van der Waals surface area contributed by atoms with Crippen molar-refractivity contribution >= 4 is 109 Å². The summed E-state index contributed by atoms with van der Waals surface area (Å²) in [6.07, 6.45) is 5.12. The van der Waals surface area contributed by atoms with Gasteiger partial charge in [0.15, 0.2) is 0 Å². The van der Waals surface area contributed by atoms with E-state index in [4.69, 9.17) is 45.6 Å². The number of nitrogens with zero attached hydrogens (tertiary/aromatic N) is 4. The van der Waals surface area contributed by atoms with Crippen LogP contribution in [0.25, 0.3) is 0 Å². The second kappa shape index (κ2) is 20.3. The molecule has 264 valence electrons. The van der Waals surface area contributed by atoms with E-state index in [-0.39, 0.29) is 10.6 Å². The Labute approximate surface area is 316 Å². The molecule has 0 amide bonds. The van der Waals surface area contributed by atoms with Crippen LogP contribution in [0, 0.1) is 27.7 Å². The number of anilines is 3. The molecule has 4 N–H and O–H groups in total. The molecule has 2 aromatic heterocycles. The molecule has 0 aliphatic rings. The summed E-state index contributed by atoms with van der Waals surface area (Å²) < 4.78 is 25.9. The van der Waals surface area contributed by atoms with Crippen molar-refractivity contribution in [3.8, 4) is 0 Å². The topological polar surface area (TPSA) is 144 Å². The standard InChI is InChI=1S/C14H16BrClN3OP.C10H16NOP.C4HBrCl2N2.C4H10O/c1-8-5-6-11(12(9(8)2)21(3,4)20)18-13-10(15)7-17-14(16)19-13;1-7-5-6-9(11)10(8(7)2)13(3,4)12;5-2-1-8-4(7)9-3(2)6;1-2-3-4-5/h5-7H,1-4H3,(H,17,18,19);5-6H,11H2,1-4H3;1H;5H,2-4H2,1H3. The van der Waals surface area contributed by atoms with Crippen LogP contribution in [0.2, 0.25) is 15.7 Å². The number of hydrogen-bond donors (Lipinski definition) is 3. The number of rotatable bonds is 6. The lowest BCUT2D eigenvalue weighted by atomic mass is 10.1. The van der Waals surface area contributed by atoms with Crippen LogP contribution in [0.1, 0.15) is 42.0 Å². The van der Waals surface area contributed by atoms with Crippen LogP contribution < -0.4 is 21.7 Å². The molecular weight excluding hydrogens is 845 g/mol. The fraction of sp³-hybridized carbons (Fsp3) is 0.375. The third-order valence-electron chi connectivity index (χ3n) is 6.66. The number of nitrogens with one attached hydrogen (secondary N) is 1. The van der Waals surface area contributed by atoms with Gasteiger partial charge in [-0.25, -0.2) is 15.0 Å². The number of aliphatic hydroxyl groups is 1. The molecule has 4 rings (SSSR count). The fourth-order valence-corrected chi connectivity index (χ4v) is 8.47. The van der Waals surface area contributed by atoms with Crippen molar-refractivity contribution in [3.05, 3.63) is 83.6 Å². The maximum Gasteiger partial charge on any atom is 0.224 e. The molecule has 2 aromatic carbocycles. The van der Waals surface area contributed by atoms with Crippen molar-refractivity contribution in [2.75, 3.05) is 44.3 Å². The highest BCUT2D eigenvalue weighted by Gasteiger charge is 2.21. The van der Waals surface area contributed by atoms with Gasteiger partial charge in [-0.15, -0.1) is 0 Å². The van der Waals surface area contributed by atoms with Crippen LogP contribution in [0.4, 0.5) is 17.2 Å². The summed E-state index contributed by atoms with van der Waals surface area (Å²) in [7, 11) is -4.68. The van der Waals surface area contributed by atoms with Crippen LogP contribution >= 0.6 is 80.9 Å². The minimum atomic E-state index is -2.44. The highest BCUT2D eigenvalue weighted by molar-refractivity contribution is 9.11. The quantitative estimate of drug-likeness (QED) is 0.0746. The first kappa shape index (κ1) is 44.5. The lowest BCUT2D eigenvalue weighted by molar-refractivity contribution is 0.287. The summed E-state index contributed by atoms with van der Waals surface area (Å²) in [5, 5.41) is 13.6. The Morgan fingerprint density at radius 1 is 0.792 bits per heavy atom. The maximum absolute atomic E-state index is 12.6. The molecule has 0 spiro atoms. The van der Waals surface area contributed by atoms with Crippen LogP contribution in [0.3, 0.4) is 0 Å². The average Bonchev–Trinajstić information content (AvgIpc) is 2.97. The smallest absolute Gasteiger partial charge is 0.224 e. The lowest BCUT2D eigenvalue weighted by Gasteiger charge is -2.19. The zero-order valence-electron chi connectivity index (χ0n) is 28.5. The summed E-state index contributed by atoms with van der Waals surface area (Å²) in [6, 6.07) is 7.70. The van der Waals surface area contributed by atoms with E-state index in [1.165, 1.54) is 6.20 Å². The van der Waals surface area contributed by atoms with E-state index >= 15 is 0 Å². The van der Waals surface area contributed by atoms with Gasteiger partial charge in [0, 0.05) is 35.3 Å². The van der Waals surface area contributed by atoms with Gasteiger partial charge in [0.2, 0.25) is 10.6 Å². The minimum absolute atomic E-state index is 0.155. The monoisotopic (exact) mass is 884 g/mol. The molecule has 0 saturated heterocycles. The maximum atomic E-state index is 12.6. The Balaban J connectivity index is 0.000000362. The van der Waals surface area contributed by atoms with Gasteiger partial charge in [-0.3, -0.25) is 0 Å². The first-order chi connectivity index (χ1) is 22.1. The Kier molecular flexibility index (Phi) is 18.8. The van der Waals surface area contributed by atoms with Gasteiger partial charge in [-0.05, 0) is 150 Å². The number of unbranched alkanes of at least 4 members (excludes halogenated alkanes) is 1. The number of benzene rings is 2. The zero-order valence-corrected chi connectivity index (χ0v) is 35.7. The second-order valence-electron chi connectivity index (χ2n) is 11.4. The molecule has 4 aromatic rings. The molecule has 9 nitrogen and oxygen atoms in total. The minimum Gasteiger partial charge on any atom is -0.398 e. The molecule has 0 aliphatic heterocycles. The molecule has 0 bridgehead atoms. The van der Waals surface area contributed by atoms with E-state index in [0.29, 0.717) is 32.2 Å². The van der Waals surface area contributed by atoms with Crippen molar-refractivity contribution in [2.45, 2.75) is 47.5 Å². The third-order valence-corrected chi connectivity index (χ3v) is 12.0. The molecule has 0 unspecified atom stereocenters. The fourth-order valence-electron chi connectivity index (χ4n) is 4.18. The van der Waals surface area contributed by atoms with Crippen molar-refractivity contribution in [1.29, 1.82) is 0 Å². The van der Waals surface area contributed by atoms with Gasteiger partial charge in [0.05, 0.1) is 14.6 Å². The molecule has 48 heavy (non-hydrogen) atoms. The van der Waals surface area contributed by atoms with E-state index in [9.17, 15) is 9.13 Å².